The monoisotopic (exact) mass is 461 g/mol. The van der Waals surface area contributed by atoms with E-state index >= 15 is 0 Å². The molecule has 0 atom stereocenters. The van der Waals surface area contributed by atoms with Crippen LogP contribution in [0, 0.1) is 6.92 Å². The number of carboxylic acids is 1. The molecule has 0 amide bonds. The molecule has 10 heteroatoms. The van der Waals surface area contributed by atoms with E-state index in [1.165, 1.54) is 11.3 Å². The Hall–Kier alpha value is -4.05. The molecule has 0 unspecified atom stereocenters. The molecule has 0 bridgehead atoms. The molecule has 0 spiro atoms. The van der Waals surface area contributed by atoms with E-state index in [0.717, 1.165) is 27.3 Å². The average Bonchev–Trinajstić information content (AvgIpc) is 3.42. The molecule has 0 radical (unpaired) electrons. The Morgan fingerprint density at radius 1 is 1.15 bits per heavy atom. The third kappa shape index (κ3) is 3.96. The van der Waals surface area contributed by atoms with Gasteiger partial charge in [0.05, 0.1) is 24.1 Å². The van der Waals surface area contributed by atoms with Gasteiger partial charge in [0.15, 0.2) is 11.5 Å². The van der Waals surface area contributed by atoms with Crippen LogP contribution in [0.1, 0.15) is 21.1 Å². The molecule has 4 aromatic heterocycles. The smallest absolute Gasteiger partial charge is 0.346 e. The lowest BCUT2D eigenvalue weighted by Crippen LogP contribution is -2.07. The minimum Gasteiger partial charge on any atom is -0.497 e. The molecule has 0 aliphatic carbocycles. The van der Waals surface area contributed by atoms with Crippen molar-refractivity contribution in [3.05, 3.63) is 64.9 Å². The van der Waals surface area contributed by atoms with Gasteiger partial charge >= 0.3 is 5.97 Å². The molecule has 1 N–H and O–H groups in total. The first-order valence-electron chi connectivity index (χ1n) is 10.1. The highest BCUT2D eigenvalue weighted by Gasteiger charge is 2.16. The Morgan fingerprint density at radius 3 is 2.82 bits per heavy atom. The zero-order valence-electron chi connectivity index (χ0n) is 17.8. The molecule has 9 nitrogen and oxygen atoms in total. The summed E-state index contributed by atoms with van der Waals surface area (Å²) in [5, 5.41) is 23.3. The summed E-state index contributed by atoms with van der Waals surface area (Å²) in [6.45, 7) is 2.15. The maximum Gasteiger partial charge on any atom is 0.346 e. The molecule has 5 rings (SSSR count). The lowest BCUT2D eigenvalue weighted by molar-refractivity contribution is 0.0701. The van der Waals surface area contributed by atoms with Crippen molar-refractivity contribution in [2.75, 3.05) is 13.7 Å². The van der Waals surface area contributed by atoms with Crippen molar-refractivity contribution in [3.63, 3.8) is 0 Å². The minimum atomic E-state index is -0.936. The predicted octanol–water partition coefficient (Wildman–Crippen LogP) is 4.04. The fourth-order valence-corrected chi connectivity index (χ4v) is 4.52. The number of carboxylic acid groups (broad SMARTS) is 1. The molecule has 0 fully saturated rings. The van der Waals surface area contributed by atoms with Crippen LogP contribution in [0.25, 0.3) is 27.1 Å². The van der Waals surface area contributed by atoms with Crippen LogP contribution < -0.4 is 9.47 Å². The van der Waals surface area contributed by atoms with Crippen LogP contribution in [0.2, 0.25) is 0 Å². The van der Waals surface area contributed by atoms with Gasteiger partial charge in [-0.05, 0) is 48.9 Å². The van der Waals surface area contributed by atoms with Crippen molar-refractivity contribution in [2.24, 2.45) is 0 Å². The number of carbonyl (C=O) groups is 1. The number of fused-ring (bicyclic) bond motifs is 2. The fourth-order valence-electron chi connectivity index (χ4n) is 3.55. The third-order valence-corrected chi connectivity index (χ3v) is 6.43. The molecular formula is C23H19N5O4S. The molecule has 166 valence electrons. The number of ether oxygens (including phenoxy) is 2. The number of aromatic carboxylic acids is 1. The maximum absolute atomic E-state index is 11.4. The van der Waals surface area contributed by atoms with E-state index < -0.39 is 5.97 Å². The molecule has 0 saturated heterocycles. The molecule has 0 saturated carbocycles. The van der Waals surface area contributed by atoms with Gasteiger partial charge in [-0.3, -0.25) is 4.98 Å². The topological polar surface area (TPSA) is 112 Å². The van der Waals surface area contributed by atoms with E-state index in [-0.39, 0.29) is 0 Å². The van der Waals surface area contributed by atoms with Crippen LogP contribution >= 0.6 is 11.3 Å². The van der Waals surface area contributed by atoms with Crippen LogP contribution in [-0.4, -0.2) is 49.6 Å². The van der Waals surface area contributed by atoms with E-state index in [1.807, 2.05) is 42.5 Å². The predicted molar refractivity (Wildman–Crippen MR) is 123 cm³/mol. The Kier molecular flexibility index (Phi) is 5.35. The largest absolute Gasteiger partial charge is 0.497 e. The van der Waals surface area contributed by atoms with Crippen LogP contribution in [-0.2, 0) is 6.42 Å². The third-order valence-electron chi connectivity index (χ3n) is 5.18. The van der Waals surface area contributed by atoms with Crippen LogP contribution in [0.3, 0.4) is 0 Å². The van der Waals surface area contributed by atoms with Crippen molar-refractivity contribution in [3.8, 4) is 22.1 Å². The summed E-state index contributed by atoms with van der Waals surface area (Å²) in [6, 6.07) is 13.0. The van der Waals surface area contributed by atoms with Crippen LogP contribution in [0.5, 0.6) is 11.5 Å². The normalized spacial score (nSPS) is 11.2. The van der Waals surface area contributed by atoms with Gasteiger partial charge in [0.25, 0.3) is 0 Å². The molecule has 0 aliphatic heterocycles. The van der Waals surface area contributed by atoms with E-state index in [0.29, 0.717) is 40.6 Å². The van der Waals surface area contributed by atoms with E-state index in [2.05, 4.69) is 20.3 Å². The molecule has 4 heterocycles. The van der Waals surface area contributed by atoms with Gasteiger partial charge in [0.2, 0.25) is 0 Å². The van der Waals surface area contributed by atoms with Gasteiger partial charge in [0.1, 0.15) is 22.1 Å². The number of hydrogen-bond donors (Lipinski definition) is 1. The van der Waals surface area contributed by atoms with Gasteiger partial charge in [0, 0.05) is 24.1 Å². The molecule has 0 aliphatic rings. The summed E-state index contributed by atoms with van der Waals surface area (Å²) in [6.07, 6.45) is 2.19. The van der Waals surface area contributed by atoms with Crippen molar-refractivity contribution < 1.29 is 19.4 Å². The number of rotatable bonds is 7. The molecule has 1 aromatic carbocycles. The summed E-state index contributed by atoms with van der Waals surface area (Å²) < 4.78 is 13.0. The van der Waals surface area contributed by atoms with Gasteiger partial charge in [-0.25, -0.2) is 4.79 Å². The van der Waals surface area contributed by atoms with Gasteiger partial charge < -0.3 is 14.6 Å². The highest BCUT2D eigenvalue weighted by molar-refractivity contribution is 7.17. The highest BCUT2D eigenvalue weighted by atomic mass is 32.1. The Labute approximate surface area is 192 Å². The summed E-state index contributed by atoms with van der Waals surface area (Å²) in [4.78, 5) is 16.8. The van der Waals surface area contributed by atoms with E-state index in [4.69, 9.17) is 9.47 Å². The first-order valence-corrected chi connectivity index (χ1v) is 11.0. The Morgan fingerprint density at radius 2 is 2.03 bits per heavy atom. The molecular weight excluding hydrogens is 442 g/mol. The molecule has 5 aromatic rings. The summed E-state index contributed by atoms with van der Waals surface area (Å²) in [7, 11) is 1.62. The van der Waals surface area contributed by atoms with Crippen LogP contribution in [0.4, 0.5) is 0 Å². The number of nitrogens with zero attached hydrogens (tertiary/aromatic N) is 5. The number of pyridine rings is 1. The summed E-state index contributed by atoms with van der Waals surface area (Å²) in [5.41, 5.74) is 2.78. The SMILES string of the molecule is COc1ccc2c(OCCc3nnc4ccc(-c5cc(C)c(C(=O)O)s5)nn34)ccnc2c1. The standard InChI is InChI=1S/C23H19N5O4S/c1-13-11-19(33-22(13)23(29)30)16-5-6-20-25-26-21(28(20)27-16)8-10-32-18-7-9-24-17-12-14(31-2)3-4-15(17)18/h3-7,9,11-12H,8,10H2,1-2H3,(H,29,30). The minimum absolute atomic E-state index is 0.312. The summed E-state index contributed by atoms with van der Waals surface area (Å²) >= 11 is 1.20. The van der Waals surface area contributed by atoms with Crippen molar-refractivity contribution in [2.45, 2.75) is 13.3 Å². The number of hydrogen-bond acceptors (Lipinski definition) is 8. The quantitative estimate of drug-likeness (QED) is 0.387. The fraction of sp³-hybridized carbons (Fsp3) is 0.174. The van der Waals surface area contributed by atoms with Crippen molar-refractivity contribution in [1.29, 1.82) is 0 Å². The zero-order chi connectivity index (χ0) is 22.9. The van der Waals surface area contributed by atoms with Crippen molar-refractivity contribution >= 4 is 33.9 Å². The Bertz CT molecular complexity index is 1490. The first kappa shape index (κ1) is 20.8. The lowest BCUT2D eigenvalue weighted by Gasteiger charge is -2.09. The number of methoxy groups -OCH3 is 1. The number of aromatic nitrogens is 5. The second-order valence-electron chi connectivity index (χ2n) is 7.32. The summed E-state index contributed by atoms with van der Waals surface area (Å²) in [5.74, 6) is 1.17. The Balaban J connectivity index is 1.37. The second-order valence-corrected chi connectivity index (χ2v) is 8.38. The first-order chi connectivity index (χ1) is 16.0. The van der Waals surface area contributed by atoms with Gasteiger partial charge in [-0.15, -0.1) is 21.5 Å². The van der Waals surface area contributed by atoms with Crippen LogP contribution in [0.15, 0.2) is 48.7 Å². The number of aryl methyl sites for hydroxylation is 1. The lowest BCUT2D eigenvalue weighted by atomic mass is 10.2. The van der Waals surface area contributed by atoms with E-state index in [1.54, 1.807) is 24.7 Å². The maximum atomic E-state index is 11.4. The zero-order valence-corrected chi connectivity index (χ0v) is 18.7. The van der Waals surface area contributed by atoms with E-state index in [9.17, 15) is 9.90 Å². The average molecular weight is 462 g/mol. The van der Waals surface area contributed by atoms with Gasteiger partial charge in [-0.1, -0.05) is 0 Å². The number of benzene rings is 1. The second kappa shape index (κ2) is 8.47. The molecule has 33 heavy (non-hydrogen) atoms. The highest BCUT2D eigenvalue weighted by Crippen LogP contribution is 2.30. The van der Waals surface area contributed by atoms with Gasteiger partial charge in [-0.2, -0.15) is 9.61 Å². The number of thiophene rings is 1. The van der Waals surface area contributed by atoms with Crippen molar-refractivity contribution in [1.82, 2.24) is 24.8 Å².